The number of hydrogen-bond acceptors (Lipinski definition) is 6. The smallest absolute Gasteiger partial charge is 0.333 e. The maximum absolute atomic E-state index is 11.3. The van der Waals surface area contributed by atoms with Crippen molar-refractivity contribution in [2.75, 3.05) is 0 Å². The third kappa shape index (κ3) is 3.65. The first-order chi connectivity index (χ1) is 8.86. The van der Waals surface area contributed by atoms with Gasteiger partial charge in [-0.2, -0.15) is 0 Å². The number of hydrogen-bond donors (Lipinski definition) is 1. The maximum atomic E-state index is 11.3. The summed E-state index contributed by atoms with van der Waals surface area (Å²) in [5.41, 5.74) is 0.302. The van der Waals surface area contributed by atoms with Crippen molar-refractivity contribution in [3.05, 3.63) is 45.5 Å². The van der Waals surface area contributed by atoms with E-state index >= 15 is 0 Å². The second-order valence-electron chi connectivity index (χ2n) is 3.77. The summed E-state index contributed by atoms with van der Waals surface area (Å²) in [4.78, 5) is 32.4. The molecule has 0 heterocycles. The molecule has 0 aliphatic rings. The zero-order valence-corrected chi connectivity index (χ0v) is 11.0. The first-order valence-corrected chi connectivity index (χ1v) is 5.59. The number of thiol groups is 1. The van der Waals surface area contributed by atoms with Crippen LogP contribution in [0, 0.1) is 10.1 Å². The van der Waals surface area contributed by atoms with Crippen LogP contribution in [0.1, 0.15) is 22.8 Å². The molecule has 0 spiro atoms. The van der Waals surface area contributed by atoms with Crippen LogP contribution >= 0.6 is 12.6 Å². The Morgan fingerprint density at radius 2 is 2.21 bits per heavy atom. The highest BCUT2D eigenvalue weighted by Crippen LogP contribution is 2.25. The van der Waals surface area contributed by atoms with Gasteiger partial charge in [-0.15, -0.1) is 12.6 Å². The minimum atomic E-state index is -0.635. The third-order valence-corrected chi connectivity index (χ3v) is 2.79. The van der Waals surface area contributed by atoms with Crippen LogP contribution in [0.4, 0.5) is 5.69 Å². The number of rotatable bonds is 5. The van der Waals surface area contributed by atoms with Gasteiger partial charge in [-0.05, 0) is 6.92 Å². The predicted molar refractivity (Wildman–Crippen MR) is 70.3 cm³/mol. The number of esters is 1. The van der Waals surface area contributed by atoms with Gasteiger partial charge in [-0.3, -0.25) is 14.9 Å². The van der Waals surface area contributed by atoms with Crippen LogP contribution in [0.5, 0.6) is 0 Å². The number of ether oxygens (including phenoxy) is 1. The topological polar surface area (TPSA) is 86.5 Å². The number of aldehydes is 1. The summed E-state index contributed by atoms with van der Waals surface area (Å²) in [6, 6.07) is 2.32. The molecule has 0 saturated carbocycles. The summed E-state index contributed by atoms with van der Waals surface area (Å²) in [5, 5.41) is 10.7. The molecule has 7 heteroatoms. The van der Waals surface area contributed by atoms with Crippen molar-refractivity contribution < 1.29 is 19.2 Å². The molecule has 100 valence electrons. The van der Waals surface area contributed by atoms with Crippen molar-refractivity contribution in [1.82, 2.24) is 0 Å². The molecule has 0 aromatic heterocycles. The van der Waals surface area contributed by atoms with E-state index in [1.165, 1.54) is 13.0 Å². The first kappa shape index (κ1) is 14.9. The molecule has 0 fully saturated rings. The van der Waals surface area contributed by atoms with Crippen LogP contribution in [-0.2, 0) is 16.1 Å². The maximum Gasteiger partial charge on any atom is 0.333 e. The lowest BCUT2D eigenvalue weighted by atomic mass is 10.1. The molecule has 1 aromatic rings. The molecule has 1 aromatic carbocycles. The minimum Gasteiger partial charge on any atom is -0.457 e. The minimum absolute atomic E-state index is 0.0684. The summed E-state index contributed by atoms with van der Waals surface area (Å²) in [6.45, 7) is 4.68. The molecule has 0 bridgehead atoms. The second-order valence-corrected chi connectivity index (χ2v) is 4.22. The van der Waals surface area contributed by atoms with Gasteiger partial charge < -0.3 is 4.74 Å². The van der Waals surface area contributed by atoms with Crippen LogP contribution in [0.3, 0.4) is 0 Å². The van der Waals surface area contributed by atoms with E-state index in [4.69, 9.17) is 4.74 Å². The van der Waals surface area contributed by atoms with Crippen molar-refractivity contribution in [2.45, 2.75) is 18.4 Å². The second kappa shape index (κ2) is 6.14. The SMILES string of the molecule is C=C(C)C(=O)OCc1cc([N+](=O)[O-])cc(C=O)c1S. The van der Waals surface area contributed by atoms with E-state index in [-0.39, 0.29) is 33.9 Å². The van der Waals surface area contributed by atoms with Gasteiger partial charge in [0.2, 0.25) is 0 Å². The van der Waals surface area contributed by atoms with Crippen molar-refractivity contribution in [3.63, 3.8) is 0 Å². The van der Waals surface area contributed by atoms with E-state index < -0.39 is 10.9 Å². The fraction of sp³-hybridized carbons (Fsp3) is 0.167. The molecule has 0 N–H and O–H groups in total. The zero-order chi connectivity index (χ0) is 14.6. The average Bonchev–Trinajstić information content (AvgIpc) is 2.36. The van der Waals surface area contributed by atoms with Crippen LogP contribution < -0.4 is 0 Å². The van der Waals surface area contributed by atoms with Crippen LogP contribution in [0.2, 0.25) is 0 Å². The molecule has 0 radical (unpaired) electrons. The van der Waals surface area contributed by atoms with Crippen molar-refractivity contribution in [1.29, 1.82) is 0 Å². The first-order valence-electron chi connectivity index (χ1n) is 5.15. The van der Waals surface area contributed by atoms with Crippen molar-refractivity contribution in [2.24, 2.45) is 0 Å². The fourth-order valence-electron chi connectivity index (χ4n) is 1.27. The highest BCUT2D eigenvalue weighted by Gasteiger charge is 2.15. The number of non-ortho nitro benzene ring substituents is 1. The van der Waals surface area contributed by atoms with Crippen LogP contribution in [-0.4, -0.2) is 17.2 Å². The number of carbonyl (C=O) groups is 2. The molecule has 0 aliphatic heterocycles. The molecular weight excluding hydrogens is 270 g/mol. The van der Waals surface area contributed by atoms with Gasteiger partial charge in [0.05, 0.1) is 4.92 Å². The van der Waals surface area contributed by atoms with Gasteiger partial charge in [-0.1, -0.05) is 6.58 Å². The molecule has 1 rings (SSSR count). The normalized spacial score (nSPS) is 9.79. The van der Waals surface area contributed by atoms with Gasteiger partial charge >= 0.3 is 5.97 Å². The highest BCUT2D eigenvalue weighted by atomic mass is 32.1. The van der Waals surface area contributed by atoms with Gasteiger partial charge in [0.15, 0.2) is 6.29 Å². The lowest BCUT2D eigenvalue weighted by molar-refractivity contribution is -0.385. The third-order valence-electron chi connectivity index (χ3n) is 2.25. The Hall–Kier alpha value is -2.15. The van der Waals surface area contributed by atoms with E-state index in [9.17, 15) is 19.7 Å². The van der Waals surface area contributed by atoms with Gasteiger partial charge in [0.1, 0.15) is 6.61 Å². The van der Waals surface area contributed by atoms with E-state index in [2.05, 4.69) is 19.2 Å². The molecule has 0 amide bonds. The summed E-state index contributed by atoms with van der Waals surface area (Å²) < 4.78 is 4.88. The average molecular weight is 281 g/mol. The molecule has 0 atom stereocenters. The van der Waals surface area contributed by atoms with E-state index in [1.54, 1.807) is 0 Å². The highest BCUT2D eigenvalue weighted by molar-refractivity contribution is 7.80. The van der Waals surface area contributed by atoms with Gasteiger partial charge in [0, 0.05) is 33.7 Å². The lowest BCUT2D eigenvalue weighted by Crippen LogP contribution is -2.06. The van der Waals surface area contributed by atoms with Gasteiger partial charge in [0.25, 0.3) is 5.69 Å². The van der Waals surface area contributed by atoms with Crippen molar-refractivity contribution in [3.8, 4) is 0 Å². The standard InChI is InChI=1S/C12H11NO5S/c1-7(2)12(15)18-6-9-4-10(13(16)17)3-8(5-14)11(9)19/h3-5,19H,1,6H2,2H3. The van der Waals surface area contributed by atoms with Crippen LogP contribution in [0.15, 0.2) is 29.2 Å². The Kier molecular flexibility index (Phi) is 4.82. The zero-order valence-electron chi connectivity index (χ0n) is 10.1. The Morgan fingerprint density at radius 1 is 1.58 bits per heavy atom. The molecule has 0 aliphatic carbocycles. The summed E-state index contributed by atoms with van der Waals surface area (Å²) in [5.74, 6) is -0.619. The molecule has 0 saturated heterocycles. The predicted octanol–water partition coefficient (Wildman–Crippen LogP) is 2.32. The Morgan fingerprint density at radius 3 is 2.68 bits per heavy atom. The number of nitro benzene ring substituents is 1. The molecule has 19 heavy (non-hydrogen) atoms. The largest absolute Gasteiger partial charge is 0.457 e. The lowest BCUT2D eigenvalue weighted by Gasteiger charge is -2.08. The van der Waals surface area contributed by atoms with Crippen molar-refractivity contribution >= 4 is 30.6 Å². The van der Waals surface area contributed by atoms with Crippen LogP contribution in [0.25, 0.3) is 0 Å². The molecular formula is C12H11NO5S. The summed E-state index contributed by atoms with van der Waals surface area (Å²) in [7, 11) is 0. The fourth-order valence-corrected chi connectivity index (χ4v) is 1.52. The Bertz CT molecular complexity index is 567. The summed E-state index contributed by atoms with van der Waals surface area (Å²) in [6.07, 6.45) is 0.458. The quantitative estimate of drug-likeness (QED) is 0.223. The molecule has 6 nitrogen and oxygen atoms in total. The van der Waals surface area contributed by atoms with E-state index in [0.717, 1.165) is 6.07 Å². The van der Waals surface area contributed by atoms with E-state index in [0.29, 0.717) is 6.29 Å². The Balaban J connectivity index is 3.08. The van der Waals surface area contributed by atoms with E-state index in [1.807, 2.05) is 0 Å². The summed E-state index contributed by atoms with van der Waals surface area (Å²) >= 11 is 4.09. The number of carbonyl (C=O) groups excluding carboxylic acids is 2. The number of nitrogens with zero attached hydrogens (tertiary/aromatic N) is 1. The Labute approximate surface area is 114 Å². The molecule has 0 unspecified atom stereocenters. The number of benzene rings is 1. The van der Waals surface area contributed by atoms with Gasteiger partial charge in [-0.25, -0.2) is 4.79 Å². The monoisotopic (exact) mass is 281 g/mol. The number of nitro groups is 1.